The summed E-state index contributed by atoms with van der Waals surface area (Å²) < 4.78 is 0.576. The van der Waals surface area contributed by atoms with Crippen molar-refractivity contribution in [3.8, 4) is 0 Å². The Labute approximate surface area is 74.8 Å². The summed E-state index contributed by atoms with van der Waals surface area (Å²) in [6, 6.07) is 2.40. The van der Waals surface area contributed by atoms with Gasteiger partial charge in [0.15, 0.2) is 0 Å². The number of rotatable bonds is 2. The molecule has 0 saturated carbocycles. The zero-order valence-electron chi connectivity index (χ0n) is 7.30. The molecule has 0 aliphatic rings. The second kappa shape index (κ2) is 3.26. The minimum atomic E-state index is -0.535. The van der Waals surface area contributed by atoms with Crippen LogP contribution in [-0.4, -0.2) is 19.0 Å². The van der Waals surface area contributed by atoms with Gasteiger partial charge in [0, 0.05) is 0 Å². The van der Waals surface area contributed by atoms with E-state index in [-0.39, 0.29) is 11.5 Å². The van der Waals surface area contributed by atoms with Crippen LogP contribution >= 0.6 is 0 Å². The minimum Gasteiger partial charge on any atom is -0.711 e. The fraction of sp³-hybridized carbons (Fsp3) is 0.286. The number of hydrogen-bond donors (Lipinski definition) is 0. The van der Waals surface area contributed by atoms with Gasteiger partial charge in [0.2, 0.25) is 0 Å². The van der Waals surface area contributed by atoms with Crippen LogP contribution < -0.4 is 9.63 Å². The molecule has 0 aromatic carbocycles. The average molecular weight is 183 g/mol. The molecule has 0 N–H and O–H groups in total. The normalized spacial score (nSPS) is 9.69. The van der Waals surface area contributed by atoms with Crippen molar-refractivity contribution in [2.24, 2.45) is 0 Å². The first-order valence-electron chi connectivity index (χ1n) is 3.57. The summed E-state index contributed by atoms with van der Waals surface area (Å²) in [5.74, 6) is 0.245. The lowest BCUT2D eigenvalue weighted by Gasteiger charge is -2.11. The summed E-state index contributed by atoms with van der Waals surface area (Å²) in [5, 5.41) is 21.5. The van der Waals surface area contributed by atoms with E-state index < -0.39 is 4.92 Å². The molecular weight excluding hydrogens is 174 g/mol. The smallest absolute Gasteiger partial charge is 0.286 e. The maximum atomic E-state index is 11.1. The van der Waals surface area contributed by atoms with Crippen LogP contribution in [0.25, 0.3) is 0 Å². The van der Waals surface area contributed by atoms with Gasteiger partial charge in [0.25, 0.3) is 11.5 Å². The summed E-state index contributed by atoms with van der Waals surface area (Å²) >= 11 is 0. The molecule has 0 bridgehead atoms. The van der Waals surface area contributed by atoms with Crippen molar-refractivity contribution in [1.82, 2.24) is 0 Å². The molecule has 0 radical (unpaired) electrons. The Balaban J connectivity index is 3.19. The van der Waals surface area contributed by atoms with Crippen molar-refractivity contribution in [2.45, 2.75) is 0 Å². The Morgan fingerprint density at radius 2 is 2.15 bits per heavy atom. The van der Waals surface area contributed by atoms with Crippen LogP contribution in [0.1, 0.15) is 0 Å². The quantitative estimate of drug-likeness (QED) is 0.286. The van der Waals surface area contributed by atoms with Gasteiger partial charge in [-0.25, -0.2) is 4.73 Å². The van der Waals surface area contributed by atoms with Crippen molar-refractivity contribution in [1.29, 1.82) is 0 Å². The summed E-state index contributed by atoms with van der Waals surface area (Å²) in [5.41, 5.74) is -0.0872. The third-order valence-electron chi connectivity index (χ3n) is 1.55. The highest BCUT2D eigenvalue weighted by atomic mass is 16.6. The zero-order valence-corrected chi connectivity index (χ0v) is 7.30. The molecule has 70 valence electrons. The van der Waals surface area contributed by atoms with E-state index in [1.807, 2.05) is 0 Å². The van der Waals surface area contributed by atoms with Gasteiger partial charge >= 0.3 is 0 Å². The molecule has 0 saturated heterocycles. The Morgan fingerprint density at radius 1 is 1.54 bits per heavy atom. The molecule has 6 heteroatoms. The Morgan fingerprint density at radius 3 is 2.62 bits per heavy atom. The first-order chi connectivity index (χ1) is 6.02. The number of hydrogen-bond acceptors (Lipinski definition) is 4. The van der Waals surface area contributed by atoms with Gasteiger partial charge in [-0.2, -0.15) is 0 Å². The molecule has 0 unspecified atom stereocenters. The summed E-state index contributed by atoms with van der Waals surface area (Å²) in [6.07, 6.45) is 1.12. The van der Waals surface area contributed by atoms with Crippen LogP contribution in [0.15, 0.2) is 18.3 Å². The maximum Gasteiger partial charge on any atom is 0.286 e. The highest BCUT2D eigenvalue weighted by Gasteiger charge is 2.13. The fourth-order valence-electron chi connectivity index (χ4n) is 0.904. The first kappa shape index (κ1) is 9.24. The van der Waals surface area contributed by atoms with E-state index in [1.165, 1.54) is 17.0 Å². The van der Waals surface area contributed by atoms with Gasteiger partial charge in [-0.15, -0.1) is 0 Å². The molecule has 1 aromatic rings. The summed E-state index contributed by atoms with van der Waals surface area (Å²) in [6.45, 7) is 0. The van der Waals surface area contributed by atoms with Crippen molar-refractivity contribution >= 4 is 11.5 Å². The topological polar surface area (TPSA) is 73.3 Å². The molecule has 1 heterocycles. The Bertz CT molecular complexity index is 338. The van der Waals surface area contributed by atoms with Crippen LogP contribution in [0, 0.1) is 15.3 Å². The largest absolute Gasteiger partial charge is 0.711 e. The van der Waals surface area contributed by atoms with Crippen LogP contribution in [-0.2, 0) is 0 Å². The van der Waals surface area contributed by atoms with Gasteiger partial charge in [0.1, 0.15) is 12.3 Å². The number of pyridine rings is 1. The summed E-state index contributed by atoms with van der Waals surface area (Å²) in [4.78, 5) is 11.3. The monoisotopic (exact) mass is 183 g/mol. The molecule has 13 heavy (non-hydrogen) atoms. The van der Waals surface area contributed by atoms with Crippen molar-refractivity contribution < 1.29 is 9.65 Å². The Hall–Kier alpha value is -1.85. The lowest BCUT2D eigenvalue weighted by atomic mass is 10.4. The SMILES string of the molecule is CN(C)c1cc([N+](=O)[O-])cc[n+]1[O-]. The molecule has 0 amide bonds. The third kappa shape index (κ3) is 1.84. The molecule has 0 aliphatic carbocycles. The third-order valence-corrected chi connectivity index (χ3v) is 1.55. The molecule has 0 fully saturated rings. The van der Waals surface area contributed by atoms with Crippen molar-refractivity contribution in [3.63, 3.8) is 0 Å². The number of nitro groups is 1. The number of aromatic nitrogens is 1. The predicted molar refractivity (Wildman–Crippen MR) is 46.4 cm³/mol. The van der Waals surface area contributed by atoms with Gasteiger partial charge in [-0.05, 0) is 0 Å². The lowest BCUT2D eigenvalue weighted by molar-refractivity contribution is -0.592. The first-order valence-corrected chi connectivity index (χ1v) is 3.57. The molecule has 0 spiro atoms. The standard InChI is InChI=1S/C7H9N3O3/c1-8(2)7-5-6(10(12)13)3-4-9(7)11/h3-5H,1-2H3. The number of nitrogens with zero attached hydrogens (tertiary/aromatic N) is 3. The van der Waals surface area contributed by atoms with Gasteiger partial charge in [0.05, 0.1) is 25.1 Å². The maximum absolute atomic E-state index is 11.1. The fourth-order valence-corrected chi connectivity index (χ4v) is 0.904. The van der Waals surface area contributed by atoms with E-state index in [1.54, 1.807) is 14.1 Å². The molecule has 1 rings (SSSR count). The van der Waals surface area contributed by atoms with E-state index in [0.717, 1.165) is 6.20 Å². The second-order valence-corrected chi connectivity index (χ2v) is 2.72. The summed E-state index contributed by atoms with van der Waals surface area (Å²) in [7, 11) is 3.29. The van der Waals surface area contributed by atoms with E-state index in [2.05, 4.69) is 0 Å². The molecule has 6 nitrogen and oxygen atoms in total. The molecule has 1 aromatic heterocycles. The van der Waals surface area contributed by atoms with E-state index in [9.17, 15) is 15.3 Å². The zero-order chi connectivity index (χ0) is 10.0. The van der Waals surface area contributed by atoms with E-state index >= 15 is 0 Å². The number of anilines is 1. The van der Waals surface area contributed by atoms with Gasteiger partial charge in [-0.3, -0.25) is 15.0 Å². The lowest BCUT2D eigenvalue weighted by Crippen LogP contribution is -2.33. The molecular formula is C7H9N3O3. The van der Waals surface area contributed by atoms with Crippen LogP contribution in [0.3, 0.4) is 0 Å². The van der Waals surface area contributed by atoms with Crippen LogP contribution in [0.4, 0.5) is 11.5 Å². The van der Waals surface area contributed by atoms with Crippen molar-refractivity contribution in [3.05, 3.63) is 33.7 Å². The van der Waals surface area contributed by atoms with Crippen LogP contribution in [0.5, 0.6) is 0 Å². The predicted octanol–water partition coefficient (Wildman–Crippen LogP) is 0.294. The van der Waals surface area contributed by atoms with Gasteiger partial charge in [-0.1, -0.05) is 0 Å². The molecule has 0 atom stereocenters. The molecule has 0 aliphatic heterocycles. The second-order valence-electron chi connectivity index (χ2n) is 2.72. The minimum absolute atomic E-state index is 0.0872. The van der Waals surface area contributed by atoms with E-state index in [4.69, 9.17) is 0 Å². The highest BCUT2D eigenvalue weighted by molar-refractivity contribution is 5.41. The van der Waals surface area contributed by atoms with Gasteiger partial charge < -0.3 is 5.21 Å². The van der Waals surface area contributed by atoms with E-state index in [0.29, 0.717) is 4.73 Å². The highest BCUT2D eigenvalue weighted by Crippen LogP contribution is 2.14. The average Bonchev–Trinajstić information content (AvgIpc) is 2.04. The van der Waals surface area contributed by atoms with Crippen molar-refractivity contribution in [2.75, 3.05) is 19.0 Å². The van der Waals surface area contributed by atoms with Crippen LogP contribution in [0.2, 0.25) is 0 Å². The Kier molecular flexibility index (Phi) is 2.32.